The molecule has 0 aliphatic rings. The Kier molecular flexibility index (Phi) is 3.46. The third-order valence-electron chi connectivity index (χ3n) is 3.98. The molecule has 0 N–H and O–H groups in total. The van der Waals surface area contributed by atoms with Crippen molar-refractivity contribution in [3.63, 3.8) is 0 Å². The van der Waals surface area contributed by atoms with Crippen LogP contribution in [-0.4, -0.2) is 19.3 Å². The summed E-state index contributed by atoms with van der Waals surface area (Å²) in [4.78, 5) is 17.0. The van der Waals surface area contributed by atoms with E-state index in [1.165, 1.54) is 0 Å². The molecule has 4 aromatic rings. The molecular weight excluding hydrogens is 300 g/mol. The first-order valence-electron chi connectivity index (χ1n) is 7.76. The summed E-state index contributed by atoms with van der Waals surface area (Å²) in [5.74, 6) is 0. The van der Waals surface area contributed by atoms with Crippen LogP contribution in [0.3, 0.4) is 0 Å². The molecular formula is C19H16N4O. The summed E-state index contributed by atoms with van der Waals surface area (Å²) in [5, 5.41) is 5.18. The SMILES string of the molecule is Cc1ccc2ncn(Cc3ccn(-c4ccccc4)n3)c(=O)c2c1. The summed E-state index contributed by atoms with van der Waals surface area (Å²) in [6.07, 6.45) is 3.48. The molecule has 24 heavy (non-hydrogen) atoms. The molecule has 5 heteroatoms. The number of hydrogen-bond donors (Lipinski definition) is 0. The average Bonchev–Trinajstić information content (AvgIpc) is 3.07. The molecule has 0 unspecified atom stereocenters. The van der Waals surface area contributed by atoms with Gasteiger partial charge in [0, 0.05) is 6.20 Å². The number of para-hydroxylation sites is 1. The summed E-state index contributed by atoms with van der Waals surface area (Å²) in [7, 11) is 0. The second-order valence-electron chi connectivity index (χ2n) is 5.79. The Morgan fingerprint density at radius 2 is 1.88 bits per heavy atom. The van der Waals surface area contributed by atoms with Gasteiger partial charge in [0.2, 0.25) is 0 Å². The number of nitrogens with zero attached hydrogens (tertiary/aromatic N) is 4. The van der Waals surface area contributed by atoms with E-state index in [1.807, 2.05) is 67.7 Å². The van der Waals surface area contributed by atoms with Crippen molar-refractivity contribution in [2.24, 2.45) is 0 Å². The lowest BCUT2D eigenvalue weighted by Crippen LogP contribution is -2.21. The third-order valence-corrected chi connectivity index (χ3v) is 3.98. The molecule has 0 spiro atoms. The van der Waals surface area contributed by atoms with Crippen molar-refractivity contribution in [2.75, 3.05) is 0 Å². The molecule has 0 bridgehead atoms. The van der Waals surface area contributed by atoms with Crippen LogP contribution in [0, 0.1) is 6.92 Å². The van der Waals surface area contributed by atoms with Crippen LogP contribution in [-0.2, 0) is 6.54 Å². The normalized spacial score (nSPS) is 11.0. The van der Waals surface area contributed by atoms with Crippen molar-refractivity contribution < 1.29 is 0 Å². The number of rotatable bonds is 3. The number of aromatic nitrogens is 4. The van der Waals surface area contributed by atoms with Crippen molar-refractivity contribution in [3.05, 3.63) is 88.7 Å². The molecule has 4 rings (SSSR count). The van der Waals surface area contributed by atoms with E-state index < -0.39 is 0 Å². The molecule has 2 aromatic carbocycles. The number of benzene rings is 2. The molecule has 118 valence electrons. The lowest BCUT2D eigenvalue weighted by molar-refractivity contribution is 0.712. The highest BCUT2D eigenvalue weighted by molar-refractivity contribution is 5.77. The van der Waals surface area contributed by atoms with Crippen LogP contribution >= 0.6 is 0 Å². The van der Waals surface area contributed by atoms with Gasteiger partial charge in [0.15, 0.2) is 0 Å². The summed E-state index contributed by atoms with van der Waals surface area (Å²) >= 11 is 0. The van der Waals surface area contributed by atoms with Crippen LogP contribution in [0.1, 0.15) is 11.3 Å². The van der Waals surface area contributed by atoms with Gasteiger partial charge in [0.1, 0.15) is 0 Å². The van der Waals surface area contributed by atoms with Gasteiger partial charge in [-0.15, -0.1) is 0 Å². The molecule has 0 aliphatic heterocycles. The standard InChI is InChI=1S/C19H16N4O/c1-14-7-8-18-17(11-14)19(24)22(13-20-18)12-15-9-10-23(21-15)16-5-3-2-4-6-16/h2-11,13H,12H2,1H3. The van der Waals surface area contributed by atoms with Crippen LogP contribution in [0.2, 0.25) is 0 Å². The summed E-state index contributed by atoms with van der Waals surface area (Å²) in [6, 6.07) is 17.5. The predicted octanol–water partition coefficient (Wildman–Crippen LogP) is 2.94. The lowest BCUT2D eigenvalue weighted by atomic mass is 10.2. The number of aryl methyl sites for hydroxylation is 1. The van der Waals surface area contributed by atoms with E-state index in [4.69, 9.17) is 0 Å². The fourth-order valence-corrected chi connectivity index (χ4v) is 2.73. The first-order valence-corrected chi connectivity index (χ1v) is 7.76. The molecule has 2 aromatic heterocycles. The summed E-state index contributed by atoms with van der Waals surface area (Å²) in [5.41, 5.74) is 3.53. The highest BCUT2D eigenvalue weighted by Crippen LogP contribution is 2.10. The van der Waals surface area contributed by atoms with Crippen molar-refractivity contribution >= 4 is 10.9 Å². The minimum Gasteiger partial charge on any atom is -0.293 e. The van der Waals surface area contributed by atoms with Gasteiger partial charge >= 0.3 is 0 Å². The highest BCUT2D eigenvalue weighted by Gasteiger charge is 2.07. The maximum Gasteiger partial charge on any atom is 0.261 e. The van der Waals surface area contributed by atoms with Gasteiger partial charge < -0.3 is 0 Å². The van der Waals surface area contributed by atoms with Gasteiger partial charge in [0.05, 0.1) is 35.2 Å². The fourth-order valence-electron chi connectivity index (χ4n) is 2.73. The predicted molar refractivity (Wildman–Crippen MR) is 93.4 cm³/mol. The summed E-state index contributed by atoms with van der Waals surface area (Å²) in [6.45, 7) is 2.37. The smallest absolute Gasteiger partial charge is 0.261 e. The zero-order valence-electron chi connectivity index (χ0n) is 13.3. The molecule has 0 fully saturated rings. The molecule has 2 heterocycles. The number of hydrogen-bond acceptors (Lipinski definition) is 3. The first kappa shape index (κ1) is 14.4. The van der Waals surface area contributed by atoms with Gasteiger partial charge in [-0.2, -0.15) is 5.10 Å². The zero-order chi connectivity index (χ0) is 16.5. The minimum absolute atomic E-state index is 0.0436. The molecule has 5 nitrogen and oxygen atoms in total. The Morgan fingerprint density at radius 3 is 2.71 bits per heavy atom. The van der Waals surface area contributed by atoms with Gasteiger partial charge in [-0.05, 0) is 37.3 Å². The van der Waals surface area contributed by atoms with Crippen LogP contribution in [0.15, 0.2) is 71.9 Å². The van der Waals surface area contributed by atoms with E-state index in [1.54, 1.807) is 15.6 Å². The molecule has 0 saturated heterocycles. The van der Waals surface area contributed by atoms with E-state index in [2.05, 4.69) is 10.1 Å². The maximum atomic E-state index is 12.7. The lowest BCUT2D eigenvalue weighted by Gasteiger charge is -2.05. The van der Waals surface area contributed by atoms with Crippen LogP contribution in [0.25, 0.3) is 16.6 Å². The zero-order valence-corrected chi connectivity index (χ0v) is 13.3. The van der Waals surface area contributed by atoms with Crippen molar-refractivity contribution in [1.29, 1.82) is 0 Å². The Bertz CT molecular complexity index is 1060. The largest absolute Gasteiger partial charge is 0.293 e. The summed E-state index contributed by atoms with van der Waals surface area (Å²) < 4.78 is 3.40. The molecule has 0 aliphatic carbocycles. The van der Waals surface area contributed by atoms with Crippen molar-refractivity contribution in [1.82, 2.24) is 19.3 Å². The quantitative estimate of drug-likeness (QED) is 0.584. The van der Waals surface area contributed by atoms with Crippen LogP contribution in [0.4, 0.5) is 0 Å². The average molecular weight is 316 g/mol. The Hall–Kier alpha value is -3.21. The van der Waals surface area contributed by atoms with Crippen LogP contribution < -0.4 is 5.56 Å². The van der Waals surface area contributed by atoms with Gasteiger partial charge in [-0.25, -0.2) is 9.67 Å². The van der Waals surface area contributed by atoms with E-state index in [0.717, 1.165) is 22.5 Å². The van der Waals surface area contributed by atoms with Crippen LogP contribution in [0.5, 0.6) is 0 Å². The van der Waals surface area contributed by atoms with Gasteiger partial charge in [0.25, 0.3) is 5.56 Å². The topological polar surface area (TPSA) is 52.7 Å². The molecule has 0 radical (unpaired) electrons. The van der Waals surface area contributed by atoms with Gasteiger partial charge in [-0.3, -0.25) is 9.36 Å². The van der Waals surface area contributed by atoms with Crippen molar-refractivity contribution in [3.8, 4) is 5.69 Å². The first-order chi connectivity index (χ1) is 11.7. The fraction of sp³-hybridized carbons (Fsp3) is 0.105. The second-order valence-corrected chi connectivity index (χ2v) is 5.79. The van der Waals surface area contributed by atoms with Gasteiger partial charge in [-0.1, -0.05) is 29.8 Å². The Morgan fingerprint density at radius 1 is 1.04 bits per heavy atom. The monoisotopic (exact) mass is 316 g/mol. The Labute approximate surface area is 138 Å². The Balaban J connectivity index is 1.69. The molecule has 0 atom stereocenters. The van der Waals surface area contributed by atoms with E-state index >= 15 is 0 Å². The van der Waals surface area contributed by atoms with E-state index in [9.17, 15) is 4.79 Å². The molecule has 0 saturated carbocycles. The highest BCUT2D eigenvalue weighted by atomic mass is 16.1. The van der Waals surface area contributed by atoms with Crippen molar-refractivity contribution in [2.45, 2.75) is 13.5 Å². The maximum absolute atomic E-state index is 12.7. The second kappa shape index (κ2) is 5.77. The van der Waals surface area contributed by atoms with E-state index in [0.29, 0.717) is 11.9 Å². The molecule has 0 amide bonds. The minimum atomic E-state index is -0.0436. The number of fused-ring (bicyclic) bond motifs is 1. The third kappa shape index (κ3) is 2.60. The van der Waals surface area contributed by atoms with E-state index in [-0.39, 0.29) is 5.56 Å².